The van der Waals surface area contributed by atoms with Gasteiger partial charge in [0.25, 0.3) is 0 Å². The van der Waals surface area contributed by atoms with Crippen LogP contribution in [0.2, 0.25) is 0 Å². The first-order valence-electron chi connectivity index (χ1n) is 4.62. The minimum absolute atomic E-state index is 0.0826. The first-order chi connectivity index (χ1) is 6.76. The second kappa shape index (κ2) is 5.51. The van der Waals surface area contributed by atoms with E-state index in [9.17, 15) is 0 Å². The Hall–Kier alpha value is -1.20. The highest BCUT2D eigenvalue weighted by molar-refractivity contribution is 4.93. The van der Waals surface area contributed by atoms with Crippen LogP contribution in [0.5, 0.6) is 0 Å². The third kappa shape index (κ3) is 3.27. The van der Waals surface area contributed by atoms with Crippen molar-refractivity contribution in [3.63, 3.8) is 0 Å². The Labute approximate surface area is 83.4 Å². The molecule has 1 heterocycles. The summed E-state index contributed by atoms with van der Waals surface area (Å²) in [7, 11) is 0. The van der Waals surface area contributed by atoms with Crippen LogP contribution in [0.3, 0.4) is 0 Å². The second-order valence-electron chi connectivity index (χ2n) is 3.10. The molecule has 78 valence electrons. The van der Waals surface area contributed by atoms with E-state index >= 15 is 0 Å². The Bertz CT molecular complexity index is 284. The molecule has 0 aromatic carbocycles. The van der Waals surface area contributed by atoms with E-state index in [4.69, 9.17) is 5.11 Å². The third-order valence-electron chi connectivity index (χ3n) is 1.87. The number of aliphatic hydroxyl groups is 1. The van der Waals surface area contributed by atoms with Gasteiger partial charge in [0, 0.05) is 18.8 Å². The Morgan fingerprint density at radius 1 is 1.79 bits per heavy atom. The molecule has 0 saturated carbocycles. The van der Waals surface area contributed by atoms with Gasteiger partial charge in [-0.15, -0.1) is 11.7 Å². The Morgan fingerprint density at radius 3 is 3.21 bits per heavy atom. The topological polar surface area (TPSA) is 63.0 Å². The predicted molar refractivity (Wildman–Crippen MR) is 53.6 cm³/mol. The highest BCUT2D eigenvalue weighted by Crippen LogP contribution is 1.93. The molecule has 1 unspecified atom stereocenters. The van der Waals surface area contributed by atoms with Gasteiger partial charge in [-0.3, -0.25) is 0 Å². The monoisotopic (exact) mass is 196 g/mol. The van der Waals surface area contributed by atoms with E-state index < -0.39 is 0 Å². The lowest BCUT2D eigenvalue weighted by Crippen LogP contribution is -2.23. The lowest BCUT2D eigenvalue weighted by atomic mass is 10.3. The minimum atomic E-state index is 0.0826. The quantitative estimate of drug-likeness (QED) is 0.625. The highest BCUT2D eigenvalue weighted by atomic mass is 16.3. The summed E-state index contributed by atoms with van der Waals surface area (Å²) in [5.41, 5.74) is 0.868. The van der Waals surface area contributed by atoms with Crippen LogP contribution in [0.25, 0.3) is 0 Å². The summed E-state index contributed by atoms with van der Waals surface area (Å²) in [6.45, 7) is 6.93. The third-order valence-corrected chi connectivity index (χ3v) is 1.87. The lowest BCUT2D eigenvalue weighted by molar-refractivity contribution is 0.268. The van der Waals surface area contributed by atoms with Crippen molar-refractivity contribution in [1.82, 2.24) is 20.3 Å². The molecule has 0 fully saturated rings. The van der Waals surface area contributed by atoms with E-state index in [1.807, 2.05) is 19.2 Å². The zero-order valence-corrected chi connectivity index (χ0v) is 8.35. The molecule has 1 aromatic rings. The molecule has 0 spiro atoms. The summed E-state index contributed by atoms with van der Waals surface area (Å²) in [5.74, 6) is 0. The zero-order chi connectivity index (χ0) is 10.4. The molecule has 1 aromatic heterocycles. The van der Waals surface area contributed by atoms with Gasteiger partial charge in [-0.2, -0.15) is 0 Å². The number of rotatable bonds is 6. The molecule has 1 atom stereocenters. The highest BCUT2D eigenvalue weighted by Gasteiger charge is 2.01. The normalized spacial score (nSPS) is 12.7. The van der Waals surface area contributed by atoms with Crippen molar-refractivity contribution < 1.29 is 5.11 Å². The van der Waals surface area contributed by atoms with Gasteiger partial charge in [-0.25, -0.2) is 4.68 Å². The second-order valence-corrected chi connectivity index (χ2v) is 3.10. The molecule has 0 radical (unpaired) electrons. The Kier molecular flexibility index (Phi) is 4.28. The molecule has 0 bridgehead atoms. The van der Waals surface area contributed by atoms with Crippen LogP contribution in [0.1, 0.15) is 12.6 Å². The number of aliphatic hydroxyl groups excluding tert-OH is 1. The maximum Gasteiger partial charge on any atom is 0.0965 e. The molecular weight excluding hydrogens is 180 g/mol. The van der Waals surface area contributed by atoms with Crippen LogP contribution in [-0.4, -0.2) is 32.7 Å². The van der Waals surface area contributed by atoms with Gasteiger partial charge >= 0.3 is 0 Å². The number of hydrogen-bond donors (Lipinski definition) is 2. The van der Waals surface area contributed by atoms with Gasteiger partial charge in [0.15, 0.2) is 0 Å². The molecule has 2 N–H and O–H groups in total. The molecule has 0 amide bonds. The van der Waals surface area contributed by atoms with Gasteiger partial charge in [-0.1, -0.05) is 11.3 Å². The molecule has 5 heteroatoms. The van der Waals surface area contributed by atoms with Gasteiger partial charge in [-0.05, 0) is 6.92 Å². The number of nitrogens with zero attached hydrogens (tertiary/aromatic N) is 3. The van der Waals surface area contributed by atoms with E-state index in [0.29, 0.717) is 13.1 Å². The van der Waals surface area contributed by atoms with Gasteiger partial charge in [0.2, 0.25) is 0 Å². The first kappa shape index (κ1) is 10.9. The molecule has 5 nitrogen and oxygen atoms in total. The van der Waals surface area contributed by atoms with Crippen molar-refractivity contribution in [2.24, 2.45) is 0 Å². The molecule has 1 rings (SSSR count). The Morgan fingerprint density at radius 2 is 2.57 bits per heavy atom. The average molecular weight is 196 g/mol. The van der Waals surface area contributed by atoms with Gasteiger partial charge in [0.05, 0.1) is 18.8 Å². The summed E-state index contributed by atoms with van der Waals surface area (Å²) in [6, 6.07) is 0.262. The van der Waals surface area contributed by atoms with E-state index in [1.54, 1.807) is 4.68 Å². The average Bonchev–Trinajstić information content (AvgIpc) is 2.63. The van der Waals surface area contributed by atoms with Crippen LogP contribution < -0.4 is 5.32 Å². The van der Waals surface area contributed by atoms with Gasteiger partial charge < -0.3 is 10.4 Å². The fourth-order valence-corrected chi connectivity index (χ4v) is 0.980. The van der Waals surface area contributed by atoms with E-state index in [2.05, 4.69) is 22.2 Å². The molecule has 0 aliphatic heterocycles. The van der Waals surface area contributed by atoms with Crippen LogP contribution in [0.4, 0.5) is 0 Å². The number of aromatic nitrogens is 3. The molecule has 0 saturated heterocycles. The van der Waals surface area contributed by atoms with E-state index in [0.717, 1.165) is 5.69 Å². The first-order valence-corrected chi connectivity index (χ1v) is 4.62. The van der Waals surface area contributed by atoms with Gasteiger partial charge in [0.1, 0.15) is 0 Å². The summed E-state index contributed by atoms with van der Waals surface area (Å²) < 4.78 is 1.62. The van der Waals surface area contributed by atoms with E-state index in [-0.39, 0.29) is 12.6 Å². The zero-order valence-electron chi connectivity index (χ0n) is 8.35. The fraction of sp³-hybridized carbons (Fsp3) is 0.556. The fourth-order valence-electron chi connectivity index (χ4n) is 0.980. The number of hydrogen-bond acceptors (Lipinski definition) is 4. The van der Waals surface area contributed by atoms with Crippen molar-refractivity contribution in [2.45, 2.75) is 26.1 Å². The SMILES string of the molecule is C=CC(C)NCc1cn(CCO)nn1. The number of nitrogens with one attached hydrogen (secondary N) is 1. The van der Waals surface area contributed by atoms with Crippen LogP contribution in [0.15, 0.2) is 18.9 Å². The van der Waals surface area contributed by atoms with Crippen molar-refractivity contribution >= 4 is 0 Å². The summed E-state index contributed by atoms with van der Waals surface area (Å²) in [6.07, 6.45) is 3.65. The molecule has 0 aliphatic carbocycles. The Balaban J connectivity index is 2.39. The molecule has 14 heavy (non-hydrogen) atoms. The summed E-state index contributed by atoms with van der Waals surface area (Å²) in [4.78, 5) is 0. The standard InChI is InChI=1S/C9H16N4O/c1-3-8(2)10-6-9-7-13(4-5-14)12-11-9/h3,7-8,10,14H,1,4-6H2,2H3. The van der Waals surface area contributed by atoms with Crippen LogP contribution in [-0.2, 0) is 13.1 Å². The maximum atomic E-state index is 8.67. The van der Waals surface area contributed by atoms with Crippen molar-refractivity contribution in [3.8, 4) is 0 Å². The molecule has 0 aliphatic rings. The van der Waals surface area contributed by atoms with Crippen molar-refractivity contribution in [1.29, 1.82) is 0 Å². The predicted octanol–water partition coefficient (Wildman–Crippen LogP) is -0.0655. The summed E-state index contributed by atoms with van der Waals surface area (Å²) in [5, 5.41) is 19.7. The maximum absolute atomic E-state index is 8.67. The van der Waals surface area contributed by atoms with Crippen LogP contribution >= 0.6 is 0 Å². The van der Waals surface area contributed by atoms with Crippen molar-refractivity contribution in [3.05, 3.63) is 24.5 Å². The van der Waals surface area contributed by atoms with Crippen LogP contribution in [0, 0.1) is 0 Å². The minimum Gasteiger partial charge on any atom is -0.394 e. The van der Waals surface area contributed by atoms with Crippen molar-refractivity contribution in [2.75, 3.05) is 6.61 Å². The summed E-state index contributed by atoms with van der Waals surface area (Å²) >= 11 is 0. The largest absolute Gasteiger partial charge is 0.394 e. The molecular formula is C9H16N4O. The smallest absolute Gasteiger partial charge is 0.0965 e. The van der Waals surface area contributed by atoms with E-state index in [1.165, 1.54) is 0 Å². The lowest BCUT2D eigenvalue weighted by Gasteiger charge is -2.05.